The summed E-state index contributed by atoms with van der Waals surface area (Å²) in [5.41, 5.74) is 10.4. The molecular formula is C18H30N2O3. The maximum atomic E-state index is 12.2. The minimum Gasteiger partial charge on any atom is -0.480 e. The first-order valence-electron chi connectivity index (χ1n) is 8.22. The van der Waals surface area contributed by atoms with E-state index in [-0.39, 0.29) is 11.3 Å². The summed E-state index contributed by atoms with van der Waals surface area (Å²) in [7, 11) is 0. The molecule has 0 aromatic carbocycles. The predicted molar refractivity (Wildman–Crippen MR) is 91.9 cm³/mol. The summed E-state index contributed by atoms with van der Waals surface area (Å²) < 4.78 is 0. The summed E-state index contributed by atoms with van der Waals surface area (Å²) in [5.74, 6) is -0.935. The van der Waals surface area contributed by atoms with Crippen molar-refractivity contribution in [2.45, 2.75) is 66.3 Å². The van der Waals surface area contributed by atoms with Crippen LogP contribution in [-0.4, -0.2) is 29.6 Å². The van der Waals surface area contributed by atoms with Crippen LogP contribution in [0.15, 0.2) is 22.3 Å². The minimum absolute atomic E-state index is 0.0382. The Balaban J connectivity index is 2.42. The average Bonchev–Trinajstić information content (AvgIpc) is 2.62. The van der Waals surface area contributed by atoms with Crippen LogP contribution in [0, 0.1) is 5.41 Å². The normalized spacial score (nSPS) is 18.3. The number of aliphatic carboxylic acids is 1. The van der Waals surface area contributed by atoms with Crippen molar-refractivity contribution >= 4 is 11.9 Å². The molecular weight excluding hydrogens is 292 g/mol. The van der Waals surface area contributed by atoms with Gasteiger partial charge in [0.2, 0.25) is 5.91 Å². The molecule has 130 valence electrons. The van der Waals surface area contributed by atoms with Gasteiger partial charge in [-0.25, -0.2) is 0 Å². The molecule has 1 amide bonds. The standard InChI is InChI=1S/C18H30N2O3/c1-11-12(2)14(4)18(5,13(11)3)10-16(21)20-9-7-6-8-15(19)17(22)23/h15H,6-10,19H2,1-5H3,(H,20,21)(H,22,23)/t15-/m0/s1. The van der Waals surface area contributed by atoms with Crippen LogP contribution in [0.25, 0.3) is 0 Å². The maximum Gasteiger partial charge on any atom is 0.320 e. The Kier molecular flexibility index (Phi) is 6.57. The van der Waals surface area contributed by atoms with Crippen molar-refractivity contribution in [1.29, 1.82) is 0 Å². The molecule has 1 atom stereocenters. The summed E-state index contributed by atoms with van der Waals surface area (Å²) in [6.45, 7) is 11.1. The van der Waals surface area contributed by atoms with E-state index in [9.17, 15) is 9.59 Å². The Morgan fingerprint density at radius 3 is 2.13 bits per heavy atom. The van der Waals surface area contributed by atoms with Gasteiger partial charge in [-0.05, 0) is 58.1 Å². The second-order valence-electron chi connectivity index (χ2n) is 6.80. The number of unbranched alkanes of at least 4 members (excludes halogenated alkanes) is 1. The molecule has 0 saturated carbocycles. The Bertz CT molecular complexity index is 522. The third-order valence-electron chi connectivity index (χ3n) is 5.44. The van der Waals surface area contributed by atoms with Gasteiger partial charge in [-0.15, -0.1) is 0 Å². The highest BCUT2D eigenvalue weighted by Gasteiger charge is 2.37. The van der Waals surface area contributed by atoms with Crippen molar-refractivity contribution in [3.8, 4) is 0 Å². The first kappa shape index (κ1) is 19.4. The van der Waals surface area contributed by atoms with E-state index in [2.05, 4.69) is 39.9 Å². The number of hydrogen-bond acceptors (Lipinski definition) is 3. The van der Waals surface area contributed by atoms with Crippen LogP contribution in [-0.2, 0) is 9.59 Å². The summed E-state index contributed by atoms with van der Waals surface area (Å²) in [4.78, 5) is 22.8. The molecule has 1 rings (SSSR count). The van der Waals surface area contributed by atoms with Crippen LogP contribution < -0.4 is 11.1 Å². The number of carbonyl (C=O) groups is 2. The molecule has 0 fully saturated rings. The van der Waals surface area contributed by atoms with Gasteiger partial charge in [-0.3, -0.25) is 9.59 Å². The highest BCUT2D eigenvalue weighted by molar-refractivity contribution is 5.78. The predicted octanol–water partition coefficient (Wildman–Crippen LogP) is 2.77. The molecule has 0 unspecified atom stereocenters. The number of hydrogen-bond donors (Lipinski definition) is 3. The van der Waals surface area contributed by atoms with Gasteiger partial charge in [0.05, 0.1) is 0 Å². The number of rotatable bonds is 8. The largest absolute Gasteiger partial charge is 0.480 e. The van der Waals surface area contributed by atoms with E-state index in [1.54, 1.807) is 0 Å². The fourth-order valence-electron chi connectivity index (χ4n) is 3.16. The van der Waals surface area contributed by atoms with E-state index >= 15 is 0 Å². The van der Waals surface area contributed by atoms with Gasteiger partial charge in [-0.2, -0.15) is 0 Å². The molecule has 4 N–H and O–H groups in total. The second kappa shape index (κ2) is 7.77. The molecule has 0 aromatic rings. The summed E-state index contributed by atoms with van der Waals surface area (Å²) in [6.07, 6.45) is 2.32. The quantitative estimate of drug-likeness (QED) is 0.599. The molecule has 0 heterocycles. The molecule has 1 aliphatic carbocycles. The molecule has 5 nitrogen and oxygen atoms in total. The lowest BCUT2D eigenvalue weighted by Crippen LogP contribution is -2.32. The first-order valence-corrected chi connectivity index (χ1v) is 8.22. The summed E-state index contributed by atoms with van der Waals surface area (Å²) in [6, 6.07) is -0.811. The number of carboxylic acids is 1. The number of nitrogens with two attached hydrogens (primary N) is 1. The molecule has 5 heteroatoms. The van der Waals surface area contributed by atoms with E-state index in [0.717, 1.165) is 6.42 Å². The molecule has 1 aliphatic rings. The van der Waals surface area contributed by atoms with Crippen molar-refractivity contribution in [3.05, 3.63) is 22.3 Å². The fourth-order valence-corrected chi connectivity index (χ4v) is 3.16. The number of nitrogens with one attached hydrogen (secondary N) is 1. The lowest BCUT2D eigenvalue weighted by Gasteiger charge is -2.28. The lowest BCUT2D eigenvalue weighted by atomic mass is 9.76. The topological polar surface area (TPSA) is 92.4 Å². The van der Waals surface area contributed by atoms with E-state index < -0.39 is 12.0 Å². The average molecular weight is 322 g/mol. The van der Waals surface area contributed by atoms with Crippen LogP contribution in [0.5, 0.6) is 0 Å². The van der Waals surface area contributed by atoms with Gasteiger partial charge >= 0.3 is 5.97 Å². The fraction of sp³-hybridized carbons (Fsp3) is 0.667. The number of carbonyl (C=O) groups excluding carboxylic acids is 1. The molecule has 0 radical (unpaired) electrons. The van der Waals surface area contributed by atoms with E-state index in [1.807, 2.05) is 0 Å². The zero-order chi connectivity index (χ0) is 17.8. The number of allylic oxidation sites excluding steroid dienone is 4. The Morgan fingerprint density at radius 1 is 1.13 bits per heavy atom. The maximum absolute atomic E-state index is 12.2. The molecule has 0 saturated heterocycles. The Morgan fingerprint density at radius 2 is 1.65 bits per heavy atom. The van der Waals surface area contributed by atoms with Crippen LogP contribution in [0.3, 0.4) is 0 Å². The Hall–Kier alpha value is -1.62. The Labute approximate surface area is 139 Å². The number of carboxylic acid groups (broad SMARTS) is 1. The van der Waals surface area contributed by atoms with Crippen molar-refractivity contribution < 1.29 is 14.7 Å². The highest BCUT2D eigenvalue weighted by atomic mass is 16.4. The van der Waals surface area contributed by atoms with Crippen molar-refractivity contribution in [2.75, 3.05) is 6.54 Å². The SMILES string of the molecule is CC1=C(C)C(C)(CC(=O)NCCCC[C@H](N)C(=O)O)C(C)=C1C. The van der Waals surface area contributed by atoms with Gasteiger partial charge in [0.1, 0.15) is 6.04 Å². The molecule has 0 bridgehead atoms. The second-order valence-corrected chi connectivity index (χ2v) is 6.80. The van der Waals surface area contributed by atoms with Gasteiger partial charge in [0, 0.05) is 18.4 Å². The molecule has 0 aliphatic heterocycles. The molecule has 23 heavy (non-hydrogen) atoms. The van der Waals surface area contributed by atoms with Crippen molar-refractivity contribution in [2.24, 2.45) is 11.1 Å². The smallest absolute Gasteiger partial charge is 0.320 e. The van der Waals surface area contributed by atoms with Crippen LogP contribution >= 0.6 is 0 Å². The summed E-state index contributed by atoms with van der Waals surface area (Å²) in [5, 5.41) is 11.6. The molecule has 0 aromatic heterocycles. The molecule has 0 spiro atoms. The first-order chi connectivity index (χ1) is 10.6. The zero-order valence-electron chi connectivity index (χ0n) is 15.0. The number of amides is 1. The van der Waals surface area contributed by atoms with Crippen LogP contribution in [0.4, 0.5) is 0 Å². The monoisotopic (exact) mass is 322 g/mol. The van der Waals surface area contributed by atoms with Crippen molar-refractivity contribution in [3.63, 3.8) is 0 Å². The van der Waals surface area contributed by atoms with Gasteiger partial charge in [0.15, 0.2) is 0 Å². The third kappa shape index (κ3) is 4.44. The van der Waals surface area contributed by atoms with Crippen molar-refractivity contribution in [1.82, 2.24) is 5.32 Å². The van der Waals surface area contributed by atoms with E-state index in [1.165, 1.54) is 22.3 Å². The van der Waals surface area contributed by atoms with Gasteiger partial charge in [0.25, 0.3) is 0 Å². The summed E-state index contributed by atoms with van der Waals surface area (Å²) >= 11 is 0. The highest BCUT2D eigenvalue weighted by Crippen LogP contribution is 2.48. The van der Waals surface area contributed by atoms with Gasteiger partial charge in [-0.1, -0.05) is 18.1 Å². The van der Waals surface area contributed by atoms with Crippen LogP contribution in [0.2, 0.25) is 0 Å². The van der Waals surface area contributed by atoms with E-state index in [4.69, 9.17) is 10.8 Å². The minimum atomic E-state index is -0.974. The zero-order valence-corrected chi connectivity index (χ0v) is 15.0. The van der Waals surface area contributed by atoms with Gasteiger partial charge < -0.3 is 16.2 Å². The van der Waals surface area contributed by atoms with E-state index in [0.29, 0.717) is 25.8 Å². The van der Waals surface area contributed by atoms with Crippen LogP contribution in [0.1, 0.15) is 60.3 Å². The lowest BCUT2D eigenvalue weighted by molar-refractivity contribution is -0.138. The third-order valence-corrected chi connectivity index (χ3v) is 5.44.